The van der Waals surface area contributed by atoms with Crippen LogP contribution in [0, 0.1) is 6.92 Å². The Morgan fingerprint density at radius 1 is 1.39 bits per heavy atom. The van der Waals surface area contributed by atoms with E-state index in [1.807, 2.05) is 30.3 Å². The molecule has 0 aliphatic rings. The number of hydrogen-bond acceptors (Lipinski definition) is 3. The van der Waals surface area contributed by atoms with Gasteiger partial charge in [-0.05, 0) is 18.9 Å². The van der Waals surface area contributed by atoms with Crippen molar-refractivity contribution in [2.45, 2.75) is 13.3 Å². The van der Waals surface area contributed by atoms with Crippen LogP contribution in [-0.4, -0.2) is 17.4 Å². The minimum Gasteiger partial charge on any atom is -0.351 e. The normalized spacial score (nSPS) is 10.3. The Labute approximate surface area is 115 Å². The Morgan fingerprint density at radius 3 is 2.72 bits per heavy atom. The standard InChI is InChI=1S/C13H13ClN2OS/c1-9-11(18-13(14)16-9)12(17)15-8-7-10-5-3-2-4-6-10/h2-6H,7-8H2,1H3,(H,15,17). The number of rotatable bonds is 4. The summed E-state index contributed by atoms with van der Waals surface area (Å²) in [5.41, 5.74) is 1.89. The van der Waals surface area contributed by atoms with Gasteiger partial charge in [0, 0.05) is 6.54 Å². The second-order valence-corrected chi connectivity index (χ2v) is 5.45. The summed E-state index contributed by atoms with van der Waals surface area (Å²) in [7, 11) is 0. The molecule has 0 saturated heterocycles. The van der Waals surface area contributed by atoms with E-state index in [1.54, 1.807) is 6.92 Å². The molecule has 94 valence electrons. The summed E-state index contributed by atoms with van der Waals surface area (Å²) in [6.45, 7) is 2.40. The van der Waals surface area contributed by atoms with Gasteiger partial charge in [-0.15, -0.1) is 0 Å². The smallest absolute Gasteiger partial charge is 0.263 e. The summed E-state index contributed by atoms with van der Waals surface area (Å²) in [6.07, 6.45) is 0.818. The van der Waals surface area contributed by atoms with Crippen LogP contribution in [-0.2, 0) is 6.42 Å². The van der Waals surface area contributed by atoms with Gasteiger partial charge in [0.25, 0.3) is 5.91 Å². The number of benzene rings is 1. The maximum Gasteiger partial charge on any atom is 0.263 e. The highest BCUT2D eigenvalue weighted by Gasteiger charge is 2.13. The third-order valence-electron chi connectivity index (χ3n) is 2.52. The van der Waals surface area contributed by atoms with Crippen LogP contribution < -0.4 is 5.32 Å². The van der Waals surface area contributed by atoms with Crippen molar-refractivity contribution in [3.63, 3.8) is 0 Å². The highest BCUT2D eigenvalue weighted by Crippen LogP contribution is 2.21. The minimum absolute atomic E-state index is 0.104. The lowest BCUT2D eigenvalue weighted by Crippen LogP contribution is -2.25. The number of carbonyl (C=O) groups excluding carboxylic acids is 1. The van der Waals surface area contributed by atoms with Gasteiger partial charge < -0.3 is 5.32 Å². The number of nitrogens with zero attached hydrogens (tertiary/aromatic N) is 1. The third kappa shape index (κ3) is 3.31. The zero-order chi connectivity index (χ0) is 13.0. The average molecular weight is 281 g/mol. The molecule has 0 radical (unpaired) electrons. The molecule has 1 amide bonds. The van der Waals surface area contributed by atoms with Crippen LogP contribution in [0.5, 0.6) is 0 Å². The summed E-state index contributed by atoms with van der Waals surface area (Å²) < 4.78 is 0.403. The number of nitrogens with one attached hydrogen (secondary N) is 1. The molecule has 3 nitrogen and oxygen atoms in total. The first-order valence-corrected chi connectivity index (χ1v) is 6.81. The Hall–Kier alpha value is -1.39. The first-order chi connectivity index (χ1) is 8.66. The highest BCUT2D eigenvalue weighted by atomic mass is 35.5. The maximum atomic E-state index is 11.9. The molecule has 0 unspecified atom stereocenters. The van der Waals surface area contributed by atoms with Crippen molar-refractivity contribution in [1.82, 2.24) is 10.3 Å². The van der Waals surface area contributed by atoms with Crippen molar-refractivity contribution >= 4 is 28.8 Å². The average Bonchev–Trinajstić information content (AvgIpc) is 2.70. The lowest BCUT2D eigenvalue weighted by molar-refractivity contribution is 0.0957. The van der Waals surface area contributed by atoms with E-state index in [1.165, 1.54) is 16.9 Å². The Kier molecular flexibility index (Phi) is 4.33. The molecule has 0 spiro atoms. The molecule has 0 saturated carbocycles. The van der Waals surface area contributed by atoms with E-state index in [0.29, 0.717) is 21.6 Å². The fourth-order valence-corrected chi connectivity index (χ4v) is 2.69. The van der Waals surface area contributed by atoms with Crippen LogP contribution in [0.25, 0.3) is 0 Å². The van der Waals surface area contributed by atoms with E-state index in [-0.39, 0.29) is 5.91 Å². The summed E-state index contributed by atoms with van der Waals surface area (Å²) >= 11 is 6.98. The van der Waals surface area contributed by atoms with Gasteiger partial charge >= 0.3 is 0 Å². The molecule has 0 aliphatic heterocycles. The summed E-state index contributed by atoms with van der Waals surface area (Å²) in [6, 6.07) is 10.0. The number of halogens is 1. The topological polar surface area (TPSA) is 42.0 Å². The first-order valence-electron chi connectivity index (χ1n) is 5.62. The fourth-order valence-electron chi connectivity index (χ4n) is 1.62. The van der Waals surface area contributed by atoms with Crippen molar-refractivity contribution < 1.29 is 4.79 Å². The molecular formula is C13H13ClN2OS. The number of amides is 1. The van der Waals surface area contributed by atoms with Crippen molar-refractivity contribution in [3.05, 3.63) is 50.9 Å². The van der Waals surface area contributed by atoms with Crippen LogP contribution in [0.1, 0.15) is 20.9 Å². The molecule has 2 rings (SSSR count). The van der Waals surface area contributed by atoms with Crippen LogP contribution in [0.3, 0.4) is 0 Å². The lowest BCUT2D eigenvalue weighted by Gasteiger charge is -2.04. The van der Waals surface area contributed by atoms with E-state index in [0.717, 1.165) is 6.42 Å². The van der Waals surface area contributed by atoms with Crippen LogP contribution in [0.4, 0.5) is 0 Å². The van der Waals surface area contributed by atoms with Crippen molar-refractivity contribution in [2.75, 3.05) is 6.54 Å². The SMILES string of the molecule is Cc1nc(Cl)sc1C(=O)NCCc1ccccc1. The largest absolute Gasteiger partial charge is 0.351 e. The molecule has 0 atom stereocenters. The van der Waals surface area contributed by atoms with E-state index in [4.69, 9.17) is 11.6 Å². The summed E-state index contributed by atoms with van der Waals surface area (Å²) in [5, 5.41) is 2.87. The lowest BCUT2D eigenvalue weighted by atomic mass is 10.1. The number of thiazole rings is 1. The van der Waals surface area contributed by atoms with Gasteiger partial charge in [0.05, 0.1) is 5.69 Å². The molecule has 1 aromatic carbocycles. The molecule has 0 aliphatic carbocycles. The van der Waals surface area contributed by atoms with Gasteiger partial charge in [-0.1, -0.05) is 53.3 Å². The molecule has 1 N–H and O–H groups in total. The van der Waals surface area contributed by atoms with Crippen molar-refractivity contribution in [3.8, 4) is 0 Å². The first kappa shape index (κ1) is 13.1. The van der Waals surface area contributed by atoms with E-state index in [9.17, 15) is 4.79 Å². The number of hydrogen-bond donors (Lipinski definition) is 1. The summed E-state index contributed by atoms with van der Waals surface area (Å²) in [4.78, 5) is 16.5. The summed E-state index contributed by atoms with van der Waals surface area (Å²) in [5.74, 6) is -0.104. The molecule has 18 heavy (non-hydrogen) atoms. The second kappa shape index (κ2) is 5.98. The van der Waals surface area contributed by atoms with E-state index in [2.05, 4.69) is 10.3 Å². The molecule has 0 bridgehead atoms. The fraction of sp³-hybridized carbons (Fsp3) is 0.231. The van der Waals surface area contributed by atoms with Crippen molar-refractivity contribution in [1.29, 1.82) is 0 Å². The highest BCUT2D eigenvalue weighted by molar-refractivity contribution is 7.17. The monoisotopic (exact) mass is 280 g/mol. The Balaban J connectivity index is 1.87. The molecule has 1 heterocycles. The number of aromatic nitrogens is 1. The van der Waals surface area contributed by atoms with Gasteiger partial charge in [0.1, 0.15) is 4.88 Å². The van der Waals surface area contributed by atoms with Gasteiger partial charge in [0.2, 0.25) is 0 Å². The zero-order valence-corrected chi connectivity index (χ0v) is 11.5. The minimum atomic E-state index is -0.104. The number of aryl methyl sites for hydroxylation is 1. The molecule has 2 aromatic rings. The Bertz CT molecular complexity index is 539. The maximum absolute atomic E-state index is 11.9. The van der Waals surface area contributed by atoms with Gasteiger partial charge in [-0.2, -0.15) is 0 Å². The van der Waals surface area contributed by atoms with Gasteiger partial charge in [-0.25, -0.2) is 4.98 Å². The zero-order valence-electron chi connectivity index (χ0n) is 9.94. The molecule has 1 aromatic heterocycles. The van der Waals surface area contributed by atoms with Gasteiger partial charge in [-0.3, -0.25) is 4.79 Å². The Morgan fingerprint density at radius 2 is 2.11 bits per heavy atom. The predicted octanol–water partition coefficient (Wildman–Crippen LogP) is 3.08. The second-order valence-electron chi connectivity index (χ2n) is 3.87. The van der Waals surface area contributed by atoms with Crippen LogP contribution in [0.2, 0.25) is 4.47 Å². The van der Waals surface area contributed by atoms with E-state index >= 15 is 0 Å². The predicted molar refractivity (Wildman–Crippen MR) is 74.3 cm³/mol. The van der Waals surface area contributed by atoms with E-state index < -0.39 is 0 Å². The van der Waals surface area contributed by atoms with Crippen LogP contribution in [0.15, 0.2) is 30.3 Å². The number of carbonyl (C=O) groups is 1. The third-order valence-corrected chi connectivity index (χ3v) is 3.78. The van der Waals surface area contributed by atoms with Crippen LogP contribution >= 0.6 is 22.9 Å². The van der Waals surface area contributed by atoms with Crippen molar-refractivity contribution in [2.24, 2.45) is 0 Å². The molecular weight excluding hydrogens is 268 g/mol. The van der Waals surface area contributed by atoms with Gasteiger partial charge in [0.15, 0.2) is 4.47 Å². The quantitative estimate of drug-likeness (QED) is 0.935. The molecule has 0 fully saturated rings. The molecule has 5 heteroatoms.